The lowest BCUT2D eigenvalue weighted by molar-refractivity contribution is -0.272. The van der Waals surface area contributed by atoms with Crippen molar-refractivity contribution in [3.05, 3.63) is 18.2 Å². The van der Waals surface area contributed by atoms with Crippen LogP contribution in [0.4, 0.5) is 13.2 Å². The van der Waals surface area contributed by atoms with E-state index in [2.05, 4.69) is 15.6 Å². The van der Waals surface area contributed by atoms with Crippen molar-refractivity contribution in [2.75, 3.05) is 19.6 Å². The highest BCUT2D eigenvalue weighted by atomic mass is 19.4. The minimum absolute atomic E-state index is 0.294. The van der Waals surface area contributed by atoms with Crippen molar-refractivity contribution in [1.29, 1.82) is 0 Å². The molecule has 2 atom stereocenters. The summed E-state index contributed by atoms with van der Waals surface area (Å²) in [7, 11) is 1.38. The number of amides is 1. The highest BCUT2D eigenvalue weighted by molar-refractivity contribution is 5.82. The molecule has 23 heavy (non-hydrogen) atoms. The molecule has 2 rings (SSSR count). The third kappa shape index (κ3) is 3.35. The number of aliphatic hydroxyl groups is 1. The Labute approximate surface area is 132 Å². The third-order valence-corrected chi connectivity index (χ3v) is 4.35. The van der Waals surface area contributed by atoms with Crippen molar-refractivity contribution >= 4 is 5.91 Å². The summed E-state index contributed by atoms with van der Waals surface area (Å²) < 4.78 is 41.1. The first-order valence-corrected chi connectivity index (χ1v) is 7.36. The van der Waals surface area contributed by atoms with Crippen molar-refractivity contribution in [2.45, 2.75) is 31.5 Å². The molecule has 6 nitrogen and oxygen atoms in total. The van der Waals surface area contributed by atoms with Gasteiger partial charge in [-0.15, -0.1) is 0 Å². The van der Waals surface area contributed by atoms with Crippen LogP contribution < -0.4 is 10.6 Å². The van der Waals surface area contributed by atoms with Crippen molar-refractivity contribution in [1.82, 2.24) is 20.2 Å². The average molecular weight is 334 g/mol. The van der Waals surface area contributed by atoms with Gasteiger partial charge < -0.3 is 20.3 Å². The summed E-state index contributed by atoms with van der Waals surface area (Å²) in [6, 6.07) is 0. The summed E-state index contributed by atoms with van der Waals surface area (Å²) in [5.41, 5.74) is -3.73. The number of hydrogen-bond donors (Lipinski definition) is 3. The van der Waals surface area contributed by atoms with Gasteiger partial charge in [0.15, 0.2) is 0 Å². The van der Waals surface area contributed by atoms with E-state index in [0.717, 1.165) is 4.57 Å². The Hall–Kier alpha value is -1.61. The molecule has 3 N–H and O–H groups in total. The van der Waals surface area contributed by atoms with Gasteiger partial charge in [-0.25, -0.2) is 4.98 Å². The van der Waals surface area contributed by atoms with Gasteiger partial charge in [0.2, 0.25) is 11.5 Å². The standard InChI is InChI=1S/C14H21F3N4O2/c1-12(3-5-18-9-12)11(22)20-6-4-13(23,14(15,16)17)10-19-7-8-21(10)2/h7-8,18,23H,3-6,9H2,1-2H3,(H,20,22)/t12-,13+/m0/s1. The molecular weight excluding hydrogens is 313 g/mol. The Bertz CT molecular complexity index is 567. The summed E-state index contributed by atoms with van der Waals surface area (Å²) in [5.74, 6) is -0.806. The quantitative estimate of drug-likeness (QED) is 0.740. The molecule has 0 bridgehead atoms. The van der Waals surface area contributed by atoms with E-state index in [4.69, 9.17) is 0 Å². The van der Waals surface area contributed by atoms with Crippen LogP contribution in [0.3, 0.4) is 0 Å². The summed E-state index contributed by atoms with van der Waals surface area (Å²) in [6.07, 6.45) is -2.44. The van der Waals surface area contributed by atoms with Crippen molar-refractivity contribution in [2.24, 2.45) is 12.5 Å². The largest absolute Gasteiger partial charge is 0.424 e. The second-order valence-corrected chi connectivity index (χ2v) is 6.21. The zero-order chi connectivity index (χ0) is 17.3. The Kier molecular flexibility index (Phi) is 4.72. The van der Waals surface area contributed by atoms with Gasteiger partial charge in [0.25, 0.3) is 0 Å². The van der Waals surface area contributed by atoms with Crippen LogP contribution in [0.2, 0.25) is 0 Å². The van der Waals surface area contributed by atoms with E-state index in [1.807, 2.05) is 0 Å². The second kappa shape index (κ2) is 6.12. The smallest absolute Gasteiger partial charge is 0.374 e. The first kappa shape index (κ1) is 17.7. The lowest BCUT2D eigenvalue weighted by Crippen LogP contribution is -2.48. The summed E-state index contributed by atoms with van der Waals surface area (Å²) in [4.78, 5) is 15.7. The topological polar surface area (TPSA) is 79.2 Å². The van der Waals surface area contributed by atoms with Gasteiger partial charge in [-0.2, -0.15) is 13.2 Å². The Morgan fingerprint density at radius 3 is 2.74 bits per heavy atom. The zero-order valence-corrected chi connectivity index (χ0v) is 13.1. The predicted octanol–water partition coefficient (Wildman–Crippen LogP) is 0.676. The fraction of sp³-hybridized carbons (Fsp3) is 0.714. The van der Waals surface area contributed by atoms with Gasteiger partial charge in [0.05, 0.1) is 5.41 Å². The molecule has 0 aliphatic carbocycles. The molecule has 1 fully saturated rings. The number of halogens is 3. The first-order chi connectivity index (χ1) is 10.6. The van der Waals surface area contributed by atoms with Gasteiger partial charge in [-0.1, -0.05) is 0 Å². The molecule has 1 aromatic heterocycles. The van der Waals surface area contributed by atoms with Crippen LogP contribution in [-0.2, 0) is 17.4 Å². The number of alkyl halides is 3. The van der Waals surface area contributed by atoms with Crippen LogP contribution in [0.1, 0.15) is 25.6 Å². The van der Waals surface area contributed by atoms with Crippen LogP contribution in [-0.4, -0.2) is 46.4 Å². The van der Waals surface area contributed by atoms with Crippen molar-refractivity contribution in [3.63, 3.8) is 0 Å². The molecule has 9 heteroatoms. The van der Waals surface area contributed by atoms with Gasteiger partial charge in [0.1, 0.15) is 5.82 Å². The average Bonchev–Trinajstić information content (AvgIpc) is 3.07. The normalized spacial score (nSPS) is 24.4. The molecule has 1 aliphatic heterocycles. The minimum atomic E-state index is -4.89. The first-order valence-electron chi connectivity index (χ1n) is 7.36. The highest BCUT2D eigenvalue weighted by Crippen LogP contribution is 2.40. The maximum Gasteiger partial charge on any atom is 0.424 e. The number of nitrogens with one attached hydrogen (secondary N) is 2. The maximum atomic E-state index is 13.3. The number of imidazole rings is 1. The number of carbonyl (C=O) groups excluding carboxylic acids is 1. The molecule has 1 saturated heterocycles. The van der Waals surface area contributed by atoms with E-state index in [0.29, 0.717) is 19.5 Å². The van der Waals surface area contributed by atoms with Crippen LogP contribution >= 0.6 is 0 Å². The molecule has 0 radical (unpaired) electrons. The Balaban J connectivity index is 2.06. The molecule has 0 unspecified atom stereocenters. The molecule has 130 valence electrons. The van der Waals surface area contributed by atoms with Crippen molar-refractivity contribution < 1.29 is 23.1 Å². The fourth-order valence-corrected chi connectivity index (χ4v) is 2.73. The van der Waals surface area contributed by atoms with Gasteiger partial charge in [-0.05, 0) is 19.9 Å². The van der Waals surface area contributed by atoms with E-state index < -0.39 is 29.4 Å². The van der Waals surface area contributed by atoms with E-state index >= 15 is 0 Å². The number of aryl methyl sites for hydroxylation is 1. The van der Waals surface area contributed by atoms with Crippen LogP contribution in [0, 0.1) is 5.41 Å². The molecule has 1 amide bonds. The number of aromatic nitrogens is 2. The van der Waals surface area contributed by atoms with E-state index in [9.17, 15) is 23.1 Å². The zero-order valence-electron chi connectivity index (χ0n) is 13.1. The fourth-order valence-electron chi connectivity index (χ4n) is 2.73. The van der Waals surface area contributed by atoms with Crippen LogP contribution in [0.5, 0.6) is 0 Å². The maximum absolute atomic E-state index is 13.3. The SMILES string of the molecule is Cn1ccnc1[C@](O)(CCNC(=O)[C@@]1(C)CCNC1)C(F)(F)F. The van der Waals surface area contributed by atoms with Crippen LogP contribution in [0.25, 0.3) is 0 Å². The second-order valence-electron chi connectivity index (χ2n) is 6.21. The molecule has 0 saturated carbocycles. The lowest BCUT2D eigenvalue weighted by atomic mass is 9.88. The minimum Gasteiger partial charge on any atom is -0.374 e. The van der Waals surface area contributed by atoms with E-state index in [1.54, 1.807) is 6.92 Å². The van der Waals surface area contributed by atoms with Crippen molar-refractivity contribution in [3.8, 4) is 0 Å². The lowest BCUT2D eigenvalue weighted by Gasteiger charge is -2.30. The predicted molar refractivity (Wildman–Crippen MR) is 76.4 cm³/mol. The number of nitrogens with zero attached hydrogens (tertiary/aromatic N) is 2. The molecule has 0 spiro atoms. The molecule has 0 aromatic carbocycles. The molecule has 1 aromatic rings. The summed E-state index contributed by atoms with van der Waals surface area (Å²) >= 11 is 0. The Morgan fingerprint density at radius 1 is 1.57 bits per heavy atom. The number of hydrogen-bond acceptors (Lipinski definition) is 4. The number of carbonyl (C=O) groups is 1. The van der Waals surface area contributed by atoms with Gasteiger partial charge >= 0.3 is 6.18 Å². The highest BCUT2D eigenvalue weighted by Gasteiger charge is 2.57. The summed E-state index contributed by atoms with van der Waals surface area (Å²) in [6.45, 7) is 2.65. The van der Waals surface area contributed by atoms with Gasteiger partial charge in [0, 0.05) is 39.0 Å². The van der Waals surface area contributed by atoms with Crippen LogP contribution in [0.15, 0.2) is 12.4 Å². The molecular formula is C14H21F3N4O2. The Morgan fingerprint density at radius 2 is 2.26 bits per heavy atom. The van der Waals surface area contributed by atoms with E-state index in [1.165, 1.54) is 19.4 Å². The monoisotopic (exact) mass is 334 g/mol. The summed E-state index contributed by atoms with van der Waals surface area (Å²) in [5, 5.41) is 15.7. The van der Waals surface area contributed by atoms with Gasteiger partial charge in [-0.3, -0.25) is 4.79 Å². The van der Waals surface area contributed by atoms with E-state index in [-0.39, 0.29) is 12.5 Å². The molecule has 1 aliphatic rings. The number of rotatable bonds is 5. The third-order valence-electron chi connectivity index (χ3n) is 4.35. The molecule has 2 heterocycles.